The fourth-order valence-corrected chi connectivity index (χ4v) is 8.76. The van der Waals surface area contributed by atoms with Crippen LogP contribution in [-0.2, 0) is 39.3 Å². The molecule has 0 bridgehead atoms. The third kappa shape index (κ3) is 13.4. The molecule has 0 radical (unpaired) electrons. The Morgan fingerprint density at radius 1 is 0.407 bits per heavy atom. The first-order valence-corrected chi connectivity index (χ1v) is 23.8. The molecule has 0 saturated carbocycles. The predicted octanol–water partition coefficient (Wildman–Crippen LogP) is 8.07. The fraction of sp³-hybridized carbons (Fsp3) is 0.415. The van der Waals surface area contributed by atoms with Crippen LogP contribution in [0.4, 0.5) is 0 Å². The molecule has 0 unspecified atom stereocenters. The van der Waals surface area contributed by atoms with E-state index in [4.69, 9.17) is 5.11 Å². The molecule has 0 atom stereocenters. The van der Waals surface area contributed by atoms with Crippen LogP contribution >= 0.6 is 0 Å². The van der Waals surface area contributed by atoms with Crippen LogP contribution < -0.4 is 0 Å². The molecule has 54 heavy (non-hydrogen) atoms. The smallest absolute Gasteiger partial charge is 0.185 e. The monoisotopic (exact) mass is 822 g/mol. The Kier molecular flexibility index (Phi) is 18.0. The van der Waals surface area contributed by atoms with Crippen molar-refractivity contribution >= 4 is 39.3 Å². The van der Waals surface area contributed by atoms with Gasteiger partial charge >= 0.3 is 0 Å². The highest BCUT2D eigenvalue weighted by Gasteiger charge is 2.35. The van der Waals surface area contributed by atoms with Gasteiger partial charge in [0, 0.05) is 0 Å². The molecular formula is C41H58O9S4. The molecule has 300 valence electrons. The van der Waals surface area contributed by atoms with Gasteiger partial charge < -0.3 is 5.11 Å². The summed E-state index contributed by atoms with van der Waals surface area (Å²) in [4.78, 5) is 1.50. The van der Waals surface area contributed by atoms with E-state index in [1.54, 1.807) is 88.4 Å². The van der Waals surface area contributed by atoms with Gasteiger partial charge in [0.2, 0.25) is 0 Å². The average molecular weight is 823 g/mol. The van der Waals surface area contributed by atoms with Gasteiger partial charge in [-0.05, 0) is 110 Å². The number of hydrogen-bond donors (Lipinski definition) is 1. The fourth-order valence-electron chi connectivity index (χ4n) is 4.17. The molecule has 4 rings (SSSR count). The number of rotatable bonds is 10. The van der Waals surface area contributed by atoms with E-state index in [1.165, 1.54) is 13.8 Å². The van der Waals surface area contributed by atoms with Crippen molar-refractivity contribution in [2.45, 2.75) is 112 Å². The molecular weight excluding hydrogens is 765 g/mol. The minimum absolute atomic E-state index is 0.163. The van der Waals surface area contributed by atoms with E-state index in [-0.39, 0.29) is 23.0 Å². The summed E-state index contributed by atoms with van der Waals surface area (Å²) in [6.45, 7) is 19.1. The van der Waals surface area contributed by atoms with Gasteiger partial charge in [0.1, 0.15) is 0 Å². The first kappa shape index (κ1) is 48.7. The topological polar surface area (TPSA) is 157 Å². The Labute approximate surface area is 325 Å². The van der Waals surface area contributed by atoms with Crippen LogP contribution in [0.2, 0.25) is 0 Å². The van der Waals surface area contributed by atoms with Gasteiger partial charge in [-0.3, -0.25) is 0 Å². The van der Waals surface area contributed by atoms with E-state index in [0.717, 1.165) is 22.3 Å². The Morgan fingerprint density at radius 3 is 0.833 bits per heavy atom. The summed E-state index contributed by atoms with van der Waals surface area (Å²) in [5.74, 6) is 0.326. The molecule has 0 amide bonds. The number of aliphatic hydroxyl groups excluding tert-OH is 1. The maximum atomic E-state index is 12.2. The maximum absolute atomic E-state index is 12.2. The lowest BCUT2D eigenvalue weighted by atomic mass is 10.1. The van der Waals surface area contributed by atoms with Gasteiger partial charge in [-0.1, -0.05) is 91.6 Å². The molecule has 0 saturated heterocycles. The summed E-state index contributed by atoms with van der Waals surface area (Å²) < 4.78 is 91.9. The molecule has 0 spiro atoms. The Bertz CT molecular complexity index is 2040. The SMILES string of the molecule is CCC(C)(C)S(=O)(=O)c1ccc(C)cc1.CCS(=O)(=O)c1ccc(C)cc1.CCS(=O)(=O)c1ccc(C)cc1.Cc1ccc(S(=O)(=O)C(C)(C)CO)cc1. The van der Waals surface area contributed by atoms with Crippen LogP contribution in [0.3, 0.4) is 0 Å². The van der Waals surface area contributed by atoms with E-state index >= 15 is 0 Å². The molecule has 1 N–H and O–H groups in total. The van der Waals surface area contributed by atoms with Crippen LogP contribution in [0, 0.1) is 27.7 Å². The first-order valence-electron chi connectivity index (χ1n) is 17.6. The lowest BCUT2D eigenvalue weighted by Gasteiger charge is -2.22. The van der Waals surface area contributed by atoms with Gasteiger partial charge in [0.15, 0.2) is 39.3 Å². The molecule has 0 aliphatic heterocycles. The Balaban J connectivity index is 0.000000362. The summed E-state index contributed by atoms with van der Waals surface area (Å²) >= 11 is 0. The van der Waals surface area contributed by atoms with Gasteiger partial charge in [-0.15, -0.1) is 0 Å². The van der Waals surface area contributed by atoms with Crippen molar-refractivity contribution in [1.82, 2.24) is 0 Å². The second kappa shape index (κ2) is 20.0. The second-order valence-corrected chi connectivity index (χ2v) is 23.8. The molecule has 0 aromatic heterocycles. The van der Waals surface area contributed by atoms with E-state index < -0.39 is 48.8 Å². The minimum atomic E-state index is -3.46. The summed E-state index contributed by atoms with van der Waals surface area (Å²) in [6.07, 6.45) is 0.614. The highest BCUT2D eigenvalue weighted by molar-refractivity contribution is 7.93. The number of aliphatic hydroxyl groups is 1. The molecule has 4 aromatic carbocycles. The van der Waals surface area contributed by atoms with Crippen molar-refractivity contribution in [3.63, 3.8) is 0 Å². The zero-order chi connectivity index (χ0) is 41.8. The summed E-state index contributed by atoms with van der Waals surface area (Å²) in [5, 5.41) is 9.07. The van der Waals surface area contributed by atoms with Gasteiger partial charge in [0.05, 0.1) is 47.2 Å². The largest absolute Gasteiger partial charge is 0.395 e. The Morgan fingerprint density at radius 2 is 0.630 bits per heavy atom. The number of hydrogen-bond acceptors (Lipinski definition) is 9. The van der Waals surface area contributed by atoms with Crippen molar-refractivity contribution < 1.29 is 38.8 Å². The standard InChI is InChI=1S/C12H18O2S.C11H16O3S.2C9H12O2S/c1-5-12(3,4)15(13,14)11-8-6-10(2)7-9-11;1-9-4-6-10(7-5-9)15(13,14)11(2,3)8-12;2*1-3-12(10,11)9-6-4-8(2)5-7-9/h6-9H,5H2,1-4H3;4-7,12H,8H2,1-3H3;2*4-7H,3H2,1-2H3. The predicted molar refractivity (Wildman–Crippen MR) is 220 cm³/mol. The average Bonchev–Trinajstić information content (AvgIpc) is 3.13. The number of aryl methyl sites for hydroxylation is 4. The molecule has 4 aromatic rings. The van der Waals surface area contributed by atoms with Crippen LogP contribution in [0.25, 0.3) is 0 Å². The summed E-state index contributed by atoms with van der Waals surface area (Å²) in [7, 11) is -12.7. The quantitative estimate of drug-likeness (QED) is 0.167. The van der Waals surface area contributed by atoms with Crippen molar-refractivity contribution in [1.29, 1.82) is 0 Å². The van der Waals surface area contributed by atoms with E-state index in [0.29, 0.717) is 21.1 Å². The lowest BCUT2D eigenvalue weighted by molar-refractivity contribution is 0.258. The van der Waals surface area contributed by atoms with E-state index in [2.05, 4.69) is 0 Å². The molecule has 0 aliphatic rings. The van der Waals surface area contributed by atoms with Gasteiger partial charge in [-0.2, -0.15) is 0 Å². The lowest BCUT2D eigenvalue weighted by Crippen LogP contribution is -2.35. The van der Waals surface area contributed by atoms with Crippen molar-refractivity contribution in [2.75, 3.05) is 18.1 Å². The molecule has 0 aliphatic carbocycles. The molecule has 13 heteroatoms. The van der Waals surface area contributed by atoms with Crippen molar-refractivity contribution in [3.05, 3.63) is 119 Å². The van der Waals surface area contributed by atoms with Crippen LogP contribution in [0.15, 0.2) is 117 Å². The highest BCUT2D eigenvalue weighted by atomic mass is 32.2. The van der Waals surface area contributed by atoms with E-state index in [1.807, 2.05) is 71.0 Å². The minimum Gasteiger partial charge on any atom is -0.395 e. The highest BCUT2D eigenvalue weighted by Crippen LogP contribution is 2.28. The second-order valence-electron chi connectivity index (χ2n) is 14.1. The van der Waals surface area contributed by atoms with Crippen molar-refractivity contribution in [3.8, 4) is 0 Å². The zero-order valence-corrected chi connectivity index (χ0v) is 36.7. The van der Waals surface area contributed by atoms with Crippen LogP contribution in [0.5, 0.6) is 0 Å². The zero-order valence-electron chi connectivity index (χ0n) is 33.4. The van der Waals surface area contributed by atoms with E-state index in [9.17, 15) is 33.7 Å². The van der Waals surface area contributed by atoms with Gasteiger partial charge in [0.25, 0.3) is 0 Å². The Hall–Kier alpha value is -3.36. The van der Waals surface area contributed by atoms with Crippen molar-refractivity contribution in [2.24, 2.45) is 0 Å². The normalized spacial score (nSPS) is 12.2. The molecule has 0 fully saturated rings. The van der Waals surface area contributed by atoms with Crippen LogP contribution in [0.1, 0.15) is 77.1 Å². The summed E-state index contributed by atoms with van der Waals surface area (Å²) in [5.41, 5.74) is 4.23. The van der Waals surface area contributed by atoms with Gasteiger partial charge in [-0.25, -0.2) is 33.7 Å². The van der Waals surface area contributed by atoms with Crippen LogP contribution in [-0.4, -0.2) is 66.4 Å². The molecule has 9 nitrogen and oxygen atoms in total. The summed E-state index contributed by atoms with van der Waals surface area (Å²) in [6, 6.07) is 27.5. The first-order chi connectivity index (χ1) is 24.7. The molecule has 0 heterocycles. The number of sulfone groups is 4. The third-order valence-electron chi connectivity index (χ3n) is 8.87. The third-order valence-corrected chi connectivity index (χ3v) is 17.5. The maximum Gasteiger partial charge on any atom is 0.185 e. The number of benzene rings is 4.